The molecular weight excluding hydrogens is 533 g/mol. The van der Waals surface area contributed by atoms with E-state index in [1.54, 1.807) is 48.5 Å². The molecule has 0 unspecified atom stereocenters. The van der Waals surface area contributed by atoms with Crippen LogP contribution < -0.4 is 9.47 Å². The average molecular weight is 549 g/mol. The maximum absolute atomic E-state index is 12.9. The van der Waals surface area contributed by atoms with Crippen molar-refractivity contribution in [3.63, 3.8) is 0 Å². The molecule has 1 heterocycles. The zero-order valence-electron chi connectivity index (χ0n) is 17.9. The highest BCUT2D eigenvalue weighted by Crippen LogP contribution is 2.34. The van der Waals surface area contributed by atoms with Gasteiger partial charge >= 0.3 is 5.97 Å². The largest absolute Gasteiger partial charge is 0.490 e. The lowest BCUT2D eigenvalue weighted by atomic mass is 10.1. The first-order valence-corrected chi connectivity index (χ1v) is 12.2. The number of carbonyl (C=O) groups is 3. The molecule has 6 nitrogen and oxygen atoms in total. The maximum atomic E-state index is 12.9. The minimum Gasteiger partial charge on any atom is -0.490 e. The van der Waals surface area contributed by atoms with E-state index in [1.807, 2.05) is 0 Å². The van der Waals surface area contributed by atoms with Gasteiger partial charge in [0.2, 0.25) is 0 Å². The van der Waals surface area contributed by atoms with Crippen LogP contribution in [0.15, 0.2) is 71.6 Å². The number of thioether (sulfide) groups is 1. The van der Waals surface area contributed by atoms with E-state index < -0.39 is 17.1 Å². The van der Waals surface area contributed by atoms with Gasteiger partial charge in [-0.25, -0.2) is 4.79 Å². The Morgan fingerprint density at radius 3 is 2.37 bits per heavy atom. The maximum Gasteiger partial charge on any atom is 0.345 e. The van der Waals surface area contributed by atoms with Gasteiger partial charge in [0.1, 0.15) is 18.1 Å². The fourth-order valence-electron chi connectivity index (χ4n) is 3.15. The Labute approximate surface area is 220 Å². The molecule has 0 spiro atoms. The Morgan fingerprint density at radius 1 is 0.914 bits per heavy atom. The van der Waals surface area contributed by atoms with Crippen LogP contribution in [-0.4, -0.2) is 35.2 Å². The van der Waals surface area contributed by atoms with E-state index in [0.29, 0.717) is 21.4 Å². The van der Waals surface area contributed by atoms with Gasteiger partial charge in [0.05, 0.1) is 27.1 Å². The molecule has 4 rings (SSSR count). The SMILES string of the molecule is O=C(Oc1ccccc1/C=C1\SC(=O)N(CCOc2ccccc2Cl)C1=O)c1ccc(Cl)cc1Cl. The van der Waals surface area contributed by atoms with Crippen LogP contribution in [0.3, 0.4) is 0 Å². The smallest absolute Gasteiger partial charge is 0.345 e. The molecule has 1 aliphatic rings. The normalized spacial score (nSPS) is 14.5. The van der Waals surface area contributed by atoms with Gasteiger partial charge in [0.15, 0.2) is 0 Å². The lowest BCUT2D eigenvalue weighted by Gasteiger charge is -2.13. The van der Waals surface area contributed by atoms with Crippen LogP contribution in [-0.2, 0) is 4.79 Å². The average Bonchev–Trinajstić information content (AvgIpc) is 3.08. The van der Waals surface area contributed by atoms with E-state index in [0.717, 1.165) is 16.7 Å². The molecular formula is C25H16Cl3NO5S. The number of rotatable bonds is 7. The number of amides is 2. The van der Waals surface area contributed by atoms with Gasteiger partial charge in [-0.15, -0.1) is 0 Å². The molecule has 3 aromatic rings. The zero-order chi connectivity index (χ0) is 24.9. The van der Waals surface area contributed by atoms with Crippen LogP contribution in [0.5, 0.6) is 11.5 Å². The second kappa shape index (κ2) is 11.2. The standard InChI is InChI=1S/C25H16Cl3NO5S/c26-16-9-10-17(19(28)14-16)24(31)34-20-7-3-1-5-15(20)13-22-23(30)29(25(32)35-22)11-12-33-21-8-4-2-6-18(21)27/h1-10,13-14H,11-12H2/b22-13-. The van der Waals surface area contributed by atoms with E-state index in [2.05, 4.69) is 0 Å². The third-order valence-electron chi connectivity index (χ3n) is 4.84. The molecule has 1 fully saturated rings. The fraction of sp³-hybridized carbons (Fsp3) is 0.0800. The minimum atomic E-state index is -0.683. The number of imide groups is 1. The number of benzene rings is 3. The van der Waals surface area contributed by atoms with Crippen LogP contribution in [0, 0.1) is 0 Å². The molecule has 2 amide bonds. The highest BCUT2D eigenvalue weighted by atomic mass is 35.5. The Morgan fingerprint density at radius 2 is 1.63 bits per heavy atom. The summed E-state index contributed by atoms with van der Waals surface area (Å²) in [6.45, 7) is 0.143. The van der Waals surface area contributed by atoms with Gasteiger partial charge in [-0.1, -0.05) is 65.1 Å². The third kappa shape index (κ3) is 6.00. The van der Waals surface area contributed by atoms with Gasteiger partial charge in [-0.3, -0.25) is 14.5 Å². The lowest BCUT2D eigenvalue weighted by Crippen LogP contribution is -2.32. The highest BCUT2D eigenvalue weighted by molar-refractivity contribution is 8.18. The van der Waals surface area contributed by atoms with Crippen molar-refractivity contribution in [2.24, 2.45) is 0 Å². The van der Waals surface area contributed by atoms with Crippen LogP contribution in [0.1, 0.15) is 15.9 Å². The Balaban J connectivity index is 1.47. The molecule has 10 heteroatoms. The number of halogens is 3. The third-order valence-corrected chi connectivity index (χ3v) is 6.61. The van der Waals surface area contributed by atoms with Crippen molar-refractivity contribution in [1.29, 1.82) is 0 Å². The van der Waals surface area contributed by atoms with Gasteiger partial charge in [0.25, 0.3) is 11.1 Å². The summed E-state index contributed by atoms with van der Waals surface area (Å²) in [7, 11) is 0. The second-order valence-electron chi connectivity index (χ2n) is 7.16. The van der Waals surface area contributed by atoms with Gasteiger partial charge in [-0.2, -0.15) is 0 Å². The first-order chi connectivity index (χ1) is 16.8. The summed E-state index contributed by atoms with van der Waals surface area (Å²) in [6.07, 6.45) is 1.51. The minimum absolute atomic E-state index is 0.0545. The predicted molar refractivity (Wildman–Crippen MR) is 137 cm³/mol. The molecule has 1 saturated heterocycles. The molecule has 0 aliphatic carbocycles. The van der Waals surface area contributed by atoms with Gasteiger partial charge in [0, 0.05) is 10.6 Å². The van der Waals surface area contributed by atoms with E-state index in [1.165, 1.54) is 24.3 Å². The molecule has 0 atom stereocenters. The topological polar surface area (TPSA) is 72.9 Å². The van der Waals surface area contributed by atoms with Crippen LogP contribution in [0.2, 0.25) is 15.1 Å². The van der Waals surface area contributed by atoms with Crippen molar-refractivity contribution in [2.75, 3.05) is 13.2 Å². The number of carbonyl (C=O) groups excluding carboxylic acids is 3. The predicted octanol–water partition coefficient (Wildman–Crippen LogP) is 6.98. The summed E-state index contributed by atoms with van der Waals surface area (Å²) < 4.78 is 11.1. The molecule has 35 heavy (non-hydrogen) atoms. The Bertz CT molecular complexity index is 1340. The molecule has 0 radical (unpaired) electrons. The molecule has 3 aromatic carbocycles. The quantitative estimate of drug-likeness (QED) is 0.180. The van der Waals surface area contributed by atoms with E-state index in [-0.39, 0.29) is 34.4 Å². The summed E-state index contributed by atoms with van der Waals surface area (Å²) >= 11 is 18.8. The number of para-hydroxylation sites is 2. The van der Waals surface area contributed by atoms with Crippen molar-refractivity contribution < 1.29 is 23.9 Å². The summed E-state index contributed by atoms with van der Waals surface area (Å²) in [4.78, 5) is 39.2. The summed E-state index contributed by atoms with van der Waals surface area (Å²) in [5, 5.41) is 0.555. The van der Waals surface area contributed by atoms with E-state index >= 15 is 0 Å². The monoisotopic (exact) mass is 547 g/mol. The number of nitrogens with zero attached hydrogens (tertiary/aromatic N) is 1. The molecule has 178 valence electrons. The van der Waals surface area contributed by atoms with Crippen molar-refractivity contribution in [3.05, 3.63) is 97.8 Å². The van der Waals surface area contributed by atoms with Crippen LogP contribution in [0.25, 0.3) is 6.08 Å². The van der Waals surface area contributed by atoms with Crippen molar-refractivity contribution >= 4 is 69.8 Å². The van der Waals surface area contributed by atoms with E-state index in [9.17, 15) is 14.4 Å². The molecule has 0 saturated carbocycles. The molecule has 0 aromatic heterocycles. The van der Waals surface area contributed by atoms with Crippen LogP contribution >= 0.6 is 46.6 Å². The molecule has 1 aliphatic heterocycles. The van der Waals surface area contributed by atoms with Crippen LogP contribution in [0.4, 0.5) is 4.79 Å². The second-order valence-corrected chi connectivity index (χ2v) is 9.41. The highest BCUT2D eigenvalue weighted by Gasteiger charge is 2.35. The van der Waals surface area contributed by atoms with Gasteiger partial charge < -0.3 is 9.47 Å². The Kier molecular flexibility index (Phi) is 8.03. The lowest BCUT2D eigenvalue weighted by molar-refractivity contribution is -0.123. The number of hydrogen-bond donors (Lipinski definition) is 0. The van der Waals surface area contributed by atoms with E-state index in [4.69, 9.17) is 44.3 Å². The van der Waals surface area contributed by atoms with Gasteiger partial charge in [-0.05, 0) is 54.2 Å². The Hall–Kier alpha value is -2.97. The number of hydrogen-bond acceptors (Lipinski definition) is 6. The summed E-state index contributed by atoms with van der Waals surface area (Å²) in [6, 6.07) is 18.0. The van der Waals surface area contributed by atoms with Crippen molar-refractivity contribution in [2.45, 2.75) is 0 Å². The van der Waals surface area contributed by atoms with Crippen molar-refractivity contribution in [3.8, 4) is 11.5 Å². The summed E-state index contributed by atoms with van der Waals surface area (Å²) in [5.41, 5.74) is 0.591. The number of ether oxygens (including phenoxy) is 2. The number of esters is 1. The first-order valence-electron chi connectivity index (χ1n) is 10.2. The van der Waals surface area contributed by atoms with Crippen molar-refractivity contribution in [1.82, 2.24) is 4.90 Å². The fourth-order valence-corrected chi connectivity index (χ4v) is 4.68. The zero-order valence-corrected chi connectivity index (χ0v) is 21.0. The summed E-state index contributed by atoms with van der Waals surface area (Å²) in [5.74, 6) is -0.479. The molecule has 0 bridgehead atoms. The first kappa shape index (κ1) is 25.1. The molecule has 0 N–H and O–H groups in total.